The van der Waals surface area contributed by atoms with Crippen molar-refractivity contribution in [1.82, 2.24) is 4.98 Å². The number of benzene rings is 1. The third-order valence-electron chi connectivity index (χ3n) is 3.13. The van der Waals surface area contributed by atoms with Gasteiger partial charge in [-0.25, -0.2) is 0 Å². The second kappa shape index (κ2) is 6.70. The van der Waals surface area contributed by atoms with Crippen molar-refractivity contribution in [2.45, 2.75) is 13.3 Å². The van der Waals surface area contributed by atoms with Crippen molar-refractivity contribution in [3.05, 3.63) is 54.1 Å². The highest BCUT2D eigenvalue weighted by Gasteiger charge is 2.05. The van der Waals surface area contributed by atoms with Crippen molar-refractivity contribution >= 4 is 11.7 Å². The monoisotopic (exact) mass is 269 g/mol. The minimum Gasteiger partial charge on any atom is -0.493 e. The van der Waals surface area contributed by atoms with Gasteiger partial charge in [-0.05, 0) is 25.0 Å². The molecule has 0 aliphatic rings. The summed E-state index contributed by atoms with van der Waals surface area (Å²) < 4.78 is 0. The van der Waals surface area contributed by atoms with Crippen molar-refractivity contribution in [2.24, 2.45) is 4.99 Å². The molecule has 1 N–H and O–H groups in total. The lowest BCUT2D eigenvalue weighted by Gasteiger charge is -2.17. The van der Waals surface area contributed by atoms with Gasteiger partial charge in [-0.2, -0.15) is 4.98 Å². The molecule has 104 valence electrons. The zero-order valence-electron chi connectivity index (χ0n) is 11.8. The van der Waals surface area contributed by atoms with Gasteiger partial charge in [-0.15, -0.1) is 0 Å². The lowest BCUT2D eigenvalue weighted by atomic mass is 10.2. The number of hydrogen-bond donors (Lipinski definition) is 1. The third kappa shape index (κ3) is 3.82. The summed E-state index contributed by atoms with van der Waals surface area (Å²) in [5.41, 5.74) is 1.28. The minimum atomic E-state index is 0.0198. The summed E-state index contributed by atoms with van der Waals surface area (Å²) in [6, 6.07) is 15.5. The maximum absolute atomic E-state index is 9.39. The molecule has 1 aromatic carbocycles. The molecule has 0 amide bonds. The van der Waals surface area contributed by atoms with E-state index in [4.69, 9.17) is 0 Å². The average Bonchev–Trinajstić information content (AvgIpc) is 2.47. The van der Waals surface area contributed by atoms with Crippen LogP contribution >= 0.6 is 0 Å². The van der Waals surface area contributed by atoms with Gasteiger partial charge in [0.2, 0.25) is 5.88 Å². The zero-order chi connectivity index (χ0) is 14.4. The zero-order valence-corrected chi connectivity index (χ0v) is 11.8. The molecular weight excluding hydrogens is 250 g/mol. The van der Waals surface area contributed by atoms with Crippen LogP contribution in [-0.2, 0) is 6.42 Å². The van der Waals surface area contributed by atoms with Gasteiger partial charge >= 0.3 is 0 Å². The Balaban J connectivity index is 1.96. The van der Waals surface area contributed by atoms with E-state index in [1.54, 1.807) is 12.1 Å². The summed E-state index contributed by atoms with van der Waals surface area (Å²) >= 11 is 0. The standard InChI is InChI=1S/C16H19N3O/c1-13(17-12-11-14-7-4-3-5-8-14)19(2)15-9-6-10-16(20)18-15/h3-10H,11-12H2,1-2H3,(H,18,20). The van der Waals surface area contributed by atoms with Crippen molar-refractivity contribution < 1.29 is 5.11 Å². The van der Waals surface area contributed by atoms with E-state index >= 15 is 0 Å². The molecule has 2 aromatic rings. The van der Waals surface area contributed by atoms with Crippen LogP contribution in [0.4, 0.5) is 5.82 Å². The van der Waals surface area contributed by atoms with Crippen LogP contribution in [0.25, 0.3) is 0 Å². The molecule has 0 aliphatic heterocycles. The first-order chi connectivity index (χ1) is 9.66. The fraction of sp³-hybridized carbons (Fsp3) is 0.250. The van der Waals surface area contributed by atoms with Gasteiger partial charge in [0.15, 0.2) is 0 Å². The third-order valence-corrected chi connectivity index (χ3v) is 3.13. The van der Waals surface area contributed by atoms with Gasteiger partial charge in [-0.3, -0.25) is 4.99 Å². The van der Waals surface area contributed by atoms with E-state index in [0.717, 1.165) is 18.8 Å². The fourth-order valence-corrected chi connectivity index (χ4v) is 1.86. The quantitative estimate of drug-likeness (QED) is 0.686. The van der Waals surface area contributed by atoms with Gasteiger partial charge in [0.1, 0.15) is 11.7 Å². The Hall–Kier alpha value is -2.36. The van der Waals surface area contributed by atoms with Gasteiger partial charge in [-0.1, -0.05) is 36.4 Å². The number of rotatable bonds is 4. The molecular formula is C16H19N3O. The van der Waals surface area contributed by atoms with E-state index in [1.807, 2.05) is 43.1 Å². The highest BCUT2D eigenvalue weighted by Crippen LogP contribution is 2.13. The highest BCUT2D eigenvalue weighted by molar-refractivity contribution is 5.94. The number of aromatic hydroxyl groups is 1. The fourth-order valence-electron chi connectivity index (χ4n) is 1.86. The van der Waals surface area contributed by atoms with Gasteiger partial charge < -0.3 is 10.0 Å². The molecule has 0 radical (unpaired) electrons. The molecule has 0 saturated heterocycles. The Morgan fingerprint density at radius 2 is 1.90 bits per heavy atom. The minimum absolute atomic E-state index is 0.0198. The van der Waals surface area contributed by atoms with E-state index in [-0.39, 0.29) is 5.88 Å². The van der Waals surface area contributed by atoms with Crippen molar-refractivity contribution in [3.63, 3.8) is 0 Å². The molecule has 0 fully saturated rings. The number of nitrogens with zero attached hydrogens (tertiary/aromatic N) is 3. The second-order valence-corrected chi connectivity index (χ2v) is 4.58. The summed E-state index contributed by atoms with van der Waals surface area (Å²) in [6.07, 6.45) is 0.916. The second-order valence-electron chi connectivity index (χ2n) is 4.58. The van der Waals surface area contributed by atoms with E-state index < -0.39 is 0 Å². The van der Waals surface area contributed by atoms with Crippen molar-refractivity contribution in [3.8, 4) is 5.88 Å². The van der Waals surface area contributed by atoms with Crippen LogP contribution in [0.15, 0.2) is 53.5 Å². The maximum Gasteiger partial charge on any atom is 0.212 e. The Morgan fingerprint density at radius 3 is 2.60 bits per heavy atom. The molecule has 2 rings (SSSR count). The average molecular weight is 269 g/mol. The molecule has 4 heteroatoms. The van der Waals surface area contributed by atoms with Gasteiger partial charge in [0, 0.05) is 19.7 Å². The molecule has 20 heavy (non-hydrogen) atoms. The van der Waals surface area contributed by atoms with Crippen LogP contribution in [0.3, 0.4) is 0 Å². The summed E-state index contributed by atoms with van der Waals surface area (Å²) in [7, 11) is 1.89. The molecule has 1 heterocycles. The summed E-state index contributed by atoms with van der Waals surface area (Å²) in [5, 5.41) is 9.39. The SMILES string of the molecule is CC(=NCCc1ccccc1)N(C)c1cccc(O)n1. The van der Waals surface area contributed by atoms with E-state index in [2.05, 4.69) is 22.1 Å². The largest absolute Gasteiger partial charge is 0.493 e. The van der Waals surface area contributed by atoms with Crippen LogP contribution in [0, 0.1) is 0 Å². The highest BCUT2D eigenvalue weighted by atomic mass is 16.3. The Morgan fingerprint density at radius 1 is 1.15 bits per heavy atom. The predicted octanol–water partition coefficient (Wildman–Crippen LogP) is 2.88. The van der Waals surface area contributed by atoms with Crippen LogP contribution in [0.1, 0.15) is 12.5 Å². The Bertz CT molecular complexity index is 581. The lowest BCUT2D eigenvalue weighted by Crippen LogP contribution is -2.24. The first kappa shape index (κ1) is 14.1. The number of aromatic nitrogens is 1. The topological polar surface area (TPSA) is 48.7 Å². The number of anilines is 1. The molecule has 0 bridgehead atoms. The Labute approximate surface area is 119 Å². The predicted molar refractivity (Wildman–Crippen MR) is 82.4 cm³/mol. The maximum atomic E-state index is 9.39. The van der Waals surface area contributed by atoms with E-state index in [9.17, 15) is 5.11 Å². The smallest absolute Gasteiger partial charge is 0.212 e. The molecule has 4 nitrogen and oxygen atoms in total. The summed E-state index contributed by atoms with van der Waals surface area (Å²) in [4.78, 5) is 10.5. The van der Waals surface area contributed by atoms with E-state index in [0.29, 0.717) is 5.82 Å². The van der Waals surface area contributed by atoms with Gasteiger partial charge in [0.25, 0.3) is 0 Å². The lowest BCUT2D eigenvalue weighted by molar-refractivity contribution is 0.454. The molecule has 0 unspecified atom stereocenters. The number of aliphatic imine (C=N–C) groups is 1. The van der Waals surface area contributed by atoms with E-state index in [1.165, 1.54) is 5.56 Å². The van der Waals surface area contributed by atoms with Crippen LogP contribution < -0.4 is 4.90 Å². The summed E-state index contributed by atoms with van der Waals surface area (Å²) in [6.45, 7) is 2.68. The first-order valence-corrected chi connectivity index (χ1v) is 6.61. The normalized spacial score (nSPS) is 11.4. The van der Waals surface area contributed by atoms with Crippen LogP contribution in [-0.4, -0.2) is 29.5 Å². The number of pyridine rings is 1. The number of amidine groups is 1. The molecule has 1 aromatic heterocycles. The van der Waals surface area contributed by atoms with Crippen LogP contribution in [0.5, 0.6) is 5.88 Å². The molecule has 0 aliphatic carbocycles. The van der Waals surface area contributed by atoms with Gasteiger partial charge in [0.05, 0.1) is 0 Å². The first-order valence-electron chi connectivity index (χ1n) is 6.61. The van der Waals surface area contributed by atoms with Crippen molar-refractivity contribution in [1.29, 1.82) is 0 Å². The number of hydrogen-bond acceptors (Lipinski definition) is 3. The summed E-state index contributed by atoms with van der Waals surface area (Å²) in [5.74, 6) is 1.58. The molecule has 0 saturated carbocycles. The van der Waals surface area contributed by atoms with Crippen molar-refractivity contribution in [2.75, 3.05) is 18.5 Å². The molecule has 0 spiro atoms. The Kier molecular flexibility index (Phi) is 4.71. The molecule has 0 atom stereocenters. The van der Waals surface area contributed by atoms with Crippen LogP contribution in [0.2, 0.25) is 0 Å².